The number of aryl methyl sites for hydroxylation is 1. The summed E-state index contributed by atoms with van der Waals surface area (Å²) in [6.45, 7) is 6.18. The van der Waals surface area contributed by atoms with Crippen LogP contribution in [0.25, 0.3) is 0 Å². The molecule has 0 bridgehead atoms. The molecule has 2 rings (SSSR count). The molecule has 1 N–H and O–H groups in total. The predicted molar refractivity (Wildman–Crippen MR) is 95.2 cm³/mol. The maximum atomic E-state index is 12.4. The molecule has 1 aromatic carbocycles. The van der Waals surface area contributed by atoms with Crippen molar-refractivity contribution in [3.05, 3.63) is 35.9 Å². The topological polar surface area (TPSA) is 70.1 Å². The molecule has 6 heteroatoms. The van der Waals surface area contributed by atoms with Crippen LogP contribution in [-0.2, 0) is 16.0 Å². The molecule has 1 fully saturated rings. The number of nitrogens with zero attached hydrogens (tertiary/aromatic N) is 2. The van der Waals surface area contributed by atoms with E-state index in [2.05, 4.69) is 12.1 Å². The van der Waals surface area contributed by atoms with Gasteiger partial charge in [0.15, 0.2) is 0 Å². The van der Waals surface area contributed by atoms with Crippen LogP contribution in [0.1, 0.15) is 32.8 Å². The summed E-state index contributed by atoms with van der Waals surface area (Å²) in [5.41, 5.74) is 0.591. The first-order chi connectivity index (χ1) is 11.7. The summed E-state index contributed by atoms with van der Waals surface area (Å²) >= 11 is 0. The third-order valence-electron chi connectivity index (χ3n) is 3.93. The van der Waals surface area contributed by atoms with Crippen molar-refractivity contribution in [3.63, 3.8) is 0 Å². The van der Waals surface area contributed by atoms with Gasteiger partial charge in [-0.2, -0.15) is 0 Å². The predicted octanol–water partition coefficient (Wildman–Crippen LogP) is 2.06. The third kappa shape index (κ3) is 6.38. The number of amides is 2. The standard InChI is InChI=1S/C19H28N2O4/c1-19(2,3)25-18(24)21-13-16(22)12-20(17(23)14-21)11-7-10-15-8-5-4-6-9-15/h4-6,8-9,16,22H,7,10-14H2,1-3H3. The fourth-order valence-electron chi connectivity index (χ4n) is 2.80. The summed E-state index contributed by atoms with van der Waals surface area (Å²) in [5.74, 6) is -0.157. The maximum Gasteiger partial charge on any atom is 0.410 e. The lowest BCUT2D eigenvalue weighted by atomic mass is 10.1. The van der Waals surface area contributed by atoms with E-state index in [0.29, 0.717) is 6.54 Å². The molecule has 2 amide bonds. The summed E-state index contributed by atoms with van der Waals surface area (Å²) in [6, 6.07) is 10.1. The van der Waals surface area contributed by atoms with Crippen molar-refractivity contribution in [2.24, 2.45) is 0 Å². The van der Waals surface area contributed by atoms with E-state index in [-0.39, 0.29) is 25.5 Å². The van der Waals surface area contributed by atoms with Gasteiger partial charge in [0.25, 0.3) is 0 Å². The van der Waals surface area contributed by atoms with Gasteiger partial charge >= 0.3 is 6.09 Å². The number of aliphatic hydroxyl groups is 1. The van der Waals surface area contributed by atoms with Gasteiger partial charge < -0.3 is 14.7 Å². The number of hydrogen-bond acceptors (Lipinski definition) is 4. The number of hydrogen-bond donors (Lipinski definition) is 1. The highest BCUT2D eigenvalue weighted by molar-refractivity contribution is 5.83. The number of rotatable bonds is 4. The number of carbonyl (C=O) groups is 2. The lowest BCUT2D eigenvalue weighted by Gasteiger charge is -2.26. The van der Waals surface area contributed by atoms with Crippen molar-refractivity contribution in [1.29, 1.82) is 0 Å². The number of carbonyl (C=O) groups excluding carboxylic acids is 2. The van der Waals surface area contributed by atoms with Crippen molar-refractivity contribution in [1.82, 2.24) is 9.80 Å². The zero-order chi connectivity index (χ0) is 18.4. The van der Waals surface area contributed by atoms with Crippen molar-refractivity contribution >= 4 is 12.0 Å². The van der Waals surface area contributed by atoms with E-state index < -0.39 is 17.8 Å². The summed E-state index contributed by atoms with van der Waals surface area (Å²) < 4.78 is 5.31. The smallest absolute Gasteiger partial charge is 0.410 e. The Hall–Kier alpha value is -2.08. The number of aliphatic hydroxyl groups excluding tert-OH is 1. The van der Waals surface area contributed by atoms with Gasteiger partial charge in [-0.05, 0) is 39.2 Å². The average Bonchev–Trinajstić information content (AvgIpc) is 2.66. The molecule has 0 saturated carbocycles. The van der Waals surface area contributed by atoms with Crippen LogP contribution in [0.2, 0.25) is 0 Å². The monoisotopic (exact) mass is 348 g/mol. The van der Waals surface area contributed by atoms with E-state index >= 15 is 0 Å². The Morgan fingerprint density at radius 3 is 2.56 bits per heavy atom. The van der Waals surface area contributed by atoms with Crippen molar-refractivity contribution in [2.75, 3.05) is 26.2 Å². The molecule has 1 aromatic rings. The van der Waals surface area contributed by atoms with Crippen LogP contribution in [0.3, 0.4) is 0 Å². The Kier molecular flexibility index (Phi) is 6.42. The molecule has 0 aliphatic carbocycles. The first kappa shape index (κ1) is 19.2. The number of benzene rings is 1. The Labute approximate surface area is 149 Å². The van der Waals surface area contributed by atoms with Gasteiger partial charge in [-0.3, -0.25) is 9.69 Å². The van der Waals surface area contributed by atoms with Gasteiger partial charge in [0.05, 0.1) is 12.6 Å². The number of β-amino-alcohol motifs (C(OH)–C–C–N with tert-alkyl or cyclic N) is 1. The minimum absolute atomic E-state index is 0.0582. The highest BCUT2D eigenvalue weighted by atomic mass is 16.6. The van der Waals surface area contributed by atoms with Gasteiger partial charge in [-0.25, -0.2) is 4.79 Å². The fraction of sp³-hybridized carbons (Fsp3) is 0.579. The minimum atomic E-state index is -0.768. The van der Waals surface area contributed by atoms with Gasteiger partial charge in [0.2, 0.25) is 5.91 Å². The van der Waals surface area contributed by atoms with Crippen LogP contribution in [0.15, 0.2) is 30.3 Å². The molecule has 1 saturated heterocycles. The summed E-state index contributed by atoms with van der Waals surface area (Å²) in [6.07, 6.45) is 0.354. The second-order valence-electron chi connectivity index (χ2n) is 7.44. The van der Waals surface area contributed by atoms with Crippen LogP contribution in [0, 0.1) is 0 Å². The van der Waals surface area contributed by atoms with Crippen LogP contribution < -0.4 is 0 Å². The second kappa shape index (κ2) is 8.34. The fourth-order valence-corrected chi connectivity index (χ4v) is 2.80. The van der Waals surface area contributed by atoms with Crippen LogP contribution >= 0.6 is 0 Å². The first-order valence-corrected chi connectivity index (χ1v) is 8.72. The SMILES string of the molecule is CC(C)(C)OC(=O)N1CC(=O)N(CCCc2ccccc2)CC(O)C1. The minimum Gasteiger partial charge on any atom is -0.444 e. The van der Waals surface area contributed by atoms with Gasteiger partial charge in [-0.1, -0.05) is 30.3 Å². The second-order valence-corrected chi connectivity index (χ2v) is 7.44. The Bertz CT molecular complexity index is 583. The molecule has 0 radical (unpaired) electrons. The molecule has 0 spiro atoms. The molecule has 6 nitrogen and oxygen atoms in total. The normalized spacial score (nSPS) is 18.9. The van der Waals surface area contributed by atoms with E-state index in [1.54, 1.807) is 25.7 Å². The van der Waals surface area contributed by atoms with Gasteiger partial charge in [0.1, 0.15) is 12.1 Å². The Morgan fingerprint density at radius 1 is 1.24 bits per heavy atom. The molecule has 138 valence electrons. The molecule has 1 aliphatic heterocycles. The third-order valence-corrected chi connectivity index (χ3v) is 3.93. The van der Waals surface area contributed by atoms with E-state index in [0.717, 1.165) is 12.8 Å². The van der Waals surface area contributed by atoms with Crippen LogP contribution in [-0.4, -0.2) is 64.8 Å². The first-order valence-electron chi connectivity index (χ1n) is 8.72. The van der Waals surface area contributed by atoms with Crippen molar-refractivity contribution in [3.8, 4) is 0 Å². The maximum absolute atomic E-state index is 12.4. The van der Waals surface area contributed by atoms with Crippen LogP contribution in [0.5, 0.6) is 0 Å². The summed E-state index contributed by atoms with van der Waals surface area (Å²) in [7, 11) is 0. The molecule has 1 unspecified atom stereocenters. The van der Waals surface area contributed by atoms with E-state index in [4.69, 9.17) is 4.74 Å². The lowest BCUT2D eigenvalue weighted by molar-refractivity contribution is -0.131. The molecule has 0 aromatic heterocycles. The van der Waals surface area contributed by atoms with E-state index in [9.17, 15) is 14.7 Å². The Morgan fingerprint density at radius 2 is 1.92 bits per heavy atom. The lowest BCUT2D eigenvalue weighted by Crippen LogP contribution is -2.42. The molecule has 1 aliphatic rings. The van der Waals surface area contributed by atoms with E-state index in [1.807, 2.05) is 18.2 Å². The molecule has 1 atom stereocenters. The van der Waals surface area contributed by atoms with Gasteiger partial charge in [-0.15, -0.1) is 0 Å². The average molecular weight is 348 g/mol. The van der Waals surface area contributed by atoms with Crippen LogP contribution in [0.4, 0.5) is 4.79 Å². The summed E-state index contributed by atoms with van der Waals surface area (Å²) in [5, 5.41) is 10.2. The molecular weight excluding hydrogens is 320 g/mol. The largest absolute Gasteiger partial charge is 0.444 e. The zero-order valence-corrected chi connectivity index (χ0v) is 15.3. The molecule has 25 heavy (non-hydrogen) atoms. The molecule has 1 heterocycles. The number of ether oxygens (including phenoxy) is 1. The highest BCUT2D eigenvalue weighted by Crippen LogP contribution is 2.13. The van der Waals surface area contributed by atoms with Gasteiger partial charge in [0, 0.05) is 13.1 Å². The summed E-state index contributed by atoms with van der Waals surface area (Å²) in [4.78, 5) is 27.6. The molecular formula is C19H28N2O4. The quantitative estimate of drug-likeness (QED) is 0.904. The Balaban J connectivity index is 1.89. The van der Waals surface area contributed by atoms with E-state index in [1.165, 1.54) is 10.5 Å². The highest BCUT2D eigenvalue weighted by Gasteiger charge is 2.31. The van der Waals surface area contributed by atoms with Crippen molar-refractivity contribution < 1.29 is 19.4 Å². The van der Waals surface area contributed by atoms with Crippen molar-refractivity contribution in [2.45, 2.75) is 45.3 Å². The zero-order valence-electron chi connectivity index (χ0n) is 15.3.